The predicted octanol–water partition coefficient (Wildman–Crippen LogP) is -0.365. The smallest absolute Gasteiger partial charge is 0.352 e. The second-order valence-corrected chi connectivity index (χ2v) is 9.91. The molecule has 186 valence electrons. The first-order valence-electron chi connectivity index (χ1n) is 10.9. The molecule has 15 heteroatoms. The second kappa shape index (κ2) is 9.31. The van der Waals surface area contributed by atoms with E-state index in [0.29, 0.717) is 11.3 Å². The number of aromatic nitrogens is 5. The molecule has 1 saturated heterocycles. The molecule has 0 radical (unpaired) electrons. The molecule has 3 aromatic heterocycles. The van der Waals surface area contributed by atoms with E-state index in [0.717, 1.165) is 29.2 Å². The van der Waals surface area contributed by atoms with Crippen molar-refractivity contribution in [1.82, 2.24) is 29.1 Å². The molecule has 13 nitrogen and oxygen atoms in total. The van der Waals surface area contributed by atoms with Crippen LogP contribution in [0.3, 0.4) is 0 Å². The van der Waals surface area contributed by atoms with Crippen molar-refractivity contribution < 1.29 is 24.1 Å². The number of aryl methyl sites for hydroxylation is 1. The molecule has 2 atom stereocenters. The van der Waals surface area contributed by atoms with E-state index >= 15 is 0 Å². The third kappa shape index (κ3) is 3.89. The molecule has 0 spiro atoms. The largest absolute Gasteiger partial charge is 0.477 e. The van der Waals surface area contributed by atoms with Crippen LogP contribution >= 0.6 is 23.3 Å². The fourth-order valence-corrected chi connectivity index (χ4v) is 6.09. The zero-order valence-corrected chi connectivity index (χ0v) is 20.9. The van der Waals surface area contributed by atoms with E-state index in [-0.39, 0.29) is 28.9 Å². The Morgan fingerprint density at radius 2 is 2.22 bits per heavy atom. The molecular formula is C21H22N9O4S2+. The number of nitrogens with two attached hydrogens (primary N) is 1. The summed E-state index contributed by atoms with van der Waals surface area (Å²) in [5, 5.41) is 12.3. The summed E-state index contributed by atoms with van der Waals surface area (Å²) in [6, 6.07) is 2.94. The molecule has 0 aliphatic carbocycles. The van der Waals surface area contributed by atoms with Crippen molar-refractivity contribution in [2.75, 3.05) is 18.5 Å². The number of anilines is 1. The number of hydrogen-bond acceptors (Lipinski definition) is 10. The maximum atomic E-state index is 13.0. The highest BCUT2D eigenvalue weighted by Crippen LogP contribution is 2.40. The first kappa shape index (κ1) is 23.9. The number of carboxylic acid groups (broad SMARTS) is 1. The van der Waals surface area contributed by atoms with E-state index < -0.39 is 29.2 Å². The zero-order valence-electron chi connectivity index (χ0n) is 19.3. The Kier molecular flexibility index (Phi) is 6.17. The van der Waals surface area contributed by atoms with Gasteiger partial charge in [-0.15, -0.1) is 11.8 Å². The van der Waals surface area contributed by atoms with Gasteiger partial charge in [0.25, 0.3) is 11.8 Å². The van der Waals surface area contributed by atoms with Crippen LogP contribution in [-0.4, -0.2) is 76.6 Å². The number of nitrogens with one attached hydrogen (secondary N) is 1. The molecular weight excluding hydrogens is 506 g/mol. The van der Waals surface area contributed by atoms with Crippen LogP contribution in [0.4, 0.5) is 5.13 Å². The predicted molar refractivity (Wildman–Crippen MR) is 132 cm³/mol. The fourth-order valence-electron chi connectivity index (χ4n) is 4.32. The summed E-state index contributed by atoms with van der Waals surface area (Å²) < 4.78 is 7.87. The zero-order chi connectivity index (χ0) is 25.6. The summed E-state index contributed by atoms with van der Waals surface area (Å²) in [5.41, 5.74) is 7.73. The molecule has 36 heavy (non-hydrogen) atoms. The maximum absolute atomic E-state index is 13.0. The Hall–Kier alpha value is -3.85. The molecule has 5 rings (SSSR count). The van der Waals surface area contributed by atoms with Gasteiger partial charge in [0.1, 0.15) is 29.2 Å². The standard InChI is InChI=1S/C21H21N9O4S2/c1-3-28-9-24-16-11(28)5-4-6-29(16)7-10-8-35-19-13(18(32)30(19)14(10)20(33)34)25-17(31)12(23-2)15-26-21(22)36-27-15/h4-6,9,13,19H,3,7-8H2,1-2H3,(H3-,22,25,26,27,31,33,34)/p+1. The minimum Gasteiger partial charge on any atom is -0.477 e. The first-order valence-corrected chi connectivity index (χ1v) is 12.8. The van der Waals surface area contributed by atoms with Crippen molar-refractivity contribution in [2.24, 2.45) is 4.99 Å². The van der Waals surface area contributed by atoms with Gasteiger partial charge in [0.05, 0.1) is 6.20 Å². The number of carbonyl (C=O) groups is 3. The molecule has 2 aliphatic rings. The summed E-state index contributed by atoms with van der Waals surface area (Å²) in [5.74, 6) is -1.88. The number of hydrogen-bond donors (Lipinski definition) is 3. The van der Waals surface area contributed by atoms with Gasteiger partial charge >= 0.3 is 11.6 Å². The number of aliphatic imine (C=N–C) groups is 1. The van der Waals surface area contributed by atoms with Gasteiger partial charge in [-0.25, -0.2) is 9.36 Å². The van der Waals surface area contributed by atoms with Crippen LogP contribution in [0.5, 0.6) is 0 Å². The highest BCUT2D eigenvalue weighted by molar-refractivity contribution is 8.00. The Bertz CT molecular complexity index is 1460. The number of thioether (sulfide) groups is 1. The third-order valence-electron chi connectivity index (χ3n) is 5.98. The number of nitrogens with zero attached hydrogens (tertiary/aromatic N) is 7. The molecule has 2 aliphatic heterocycles. The van der Waals surface area contributed by atoms with Gasteiger partial charge in [-0.2, -0.15) is 9.36 Å². The Labute approximate surface area is 212 Å². The van der Waals surface area contributed by atoms with Gasteiger partial charge in [0.15, 0.2) is 16.7 Å². The highest BCUT2D eigenvalue weighted by atomic mass is 32.2. The number of imidazole rings is 1. The Balaban J connectivity index is 1.38. The molecule has 4 N–H and O–H groups in total. The van der Waals surface area contributed by atoms with E-state index in [9.17, 15) is 19.5 Å². The van der Waals surface area contributed by atoms with Crippen molar-refractivity contribution in [3.8, 4) is 0 Å². The topological polar surface area (TPSA) is 173 Å². The summed E-state index contributed by atoms with van der Waals surface area (Å²) >= 11 is 2.32. The summed E-state index contributed by atoms with van der Waals surface area (Å²) in [6.07, 6.45) is 3.58. The van der Waals surface area contributed by atoms with Crippen molar-refractivity contribution >= 4 is 63.1 Å². The number of pyridine rings is 1. The quantitative estimate of drug-likeness (QED) is 0.210. The van der Waals surface area contributed by atoms with Crippen LogP contribution < -0.4 is 15.6 Å². The molecule has 1 fully saturated rings. The van der Waals surface area contributed by atoms with Crippen molar-refractivity contribution in [2.45, 2.75) is 31.4 Å². The highest BCUT2D eigenvalue weighted by Gasteiger charge is 2.54. The lowest BCUT2D eigenvalue weighted by Crippen LogP contribution is -2.71. The van der Waals surface area contributed by atoms with Gasteiger partial charge < -0.3 is 20.7 Å². The minimum absolute atomic E-state index is 0.0549. The normalized spacial score (nSPS) is 19.9. The number of nitrogen functional groups attached to an aromatic ring is 1. The third-order valence-corrected chi connectivity index (χ3v) is 7.86. The van der Waals surface area contributed by atoms with Crippen LogP contribution in [0.1, 0.15) is 12.7 Å². The van der Waals surface area contributed by atoms with Crippen LogP contribution in [0.2, 0.25) is 0 Å². The van der Waals surface area contributed by atoms with Gasteiger partial charge in [-0.1, -0.05) is 0 Å². The Morgan fingerprint density at radius 3 is 2.89 bits per heavy atom. The van der Waals surface area contributed by atoms with Crippen LogP contribution in [0.25, 0.3) is 11.2 Å². The lowest BCUT2D eigenvalue weighted by molar-refractivity contribution is -0.664. The lowest BCUT2D eigenvalue weighted by atomic mass is 10.0. The SMILES string of the molecule is CCn1cnc2c1ccc[n+]2CC1=C(C(=O)O)N2C(=O)C(NC(=O)C(=NC)c3nsc(N)n3)C2SC1. The van der Waals surface area contributed by atoms with Crippen molar-refractivity contribution in [3.05, 3.63) is 41.8 Å². The van der Waals surface area contributed by atoms with Crippen molar-refractivity contribution in [3.63, 3.8) is 0 Å². The maximum Gasteiger partial charge on any atom is 0.352 e. The number of β-lactam (4-membered cyclic amide) rings is 1. The van der Waals surface area contributed by atoms with Crippen LogP contribution in [0, 0.1) is 0 Å². The average Bonchev–Trinajstić information content (AvgIpc) is 3.49. The van der Waals surface area contributed by atoms with Gasteiger partial charge in [0, 0.05) is 36.5 Å². The van der Waals surface area contributed by atoms with E-state index in [1.54, 1.807) is 6.33 Å². The number of fused-ring (bicyclic) bond motifs is 2. The van der Waals surface area contributed by atoms with E-state index in [1.807, 2.05) is 34.4 Å². The van der Waals surface area contributed by atoms with Gasteiger partial charge in [-0.3, -0.25) is 19.5 Å². The van der Waals surface area contributed by atoms with Crippen LogP contribution in [-0.2, 0) is 27.5 Å². The lowest BCUT2D eigenvalue weighted by Gasteiger charge is -2.49. The summed E-state index contributed by atoms with van der Waals surface area (Å²) in [4.78, 5) is 51.7. The average molecular weight is 529 g/mol. The molecule has 0 saturated carbocycles. The van der Waals surface area contributed by atoms with Gasteiger partial charge in [0.2, 0.25) is 6.33 Å². The molecule has 0 aromatic carbocycles. The molecule has 2 unspecified atom stereocenters. The number of carbonyl (C=O) groups excluding carboxylic acids is 2. The Morgan fingerprint density at radius 1 is 1.42 bits per heavy atom. The number of carboxylic acids is 1. The summed E-state index contributed by atoms with van der Waals surface area (Å²) in [7, 11) is 1.41. The van der Waals surface area contributed by atoms with E-state index in [2.05, 4.69) is 24.7 Å². The van der Waals surface area contributed by atoms with Gasteiger partial charge in [-0.05, 0) is 24.0 Å². The monoisotopic (exact) mass is 528 g/mol. The fraction of sp³-hybridized carbons (Fsp3) is 0.333. The summed E-state index contributed by atoms with van der Waals surface area (Å²) in [6.45, 7) is 3.04. The second-order valence-electron chi connectivity index (χ2n) is 8.02. The number of rotatable bonds is 7. The molecule has 3 aromatic rings. The number of aliphatic carboxylic acids is 1. The molecule has 2 amide bonds. The molecule has 0 bridgehead atoms. The van der Waals surface area contributed by atoms with E-state index in [1.165, 1.54) is 23.7 Å². The molecule has 5 heterocycles. The van der Waals surface area contributed by atoms with E-state index in [4.69, 9.17) is 5.73 Å². The first-order chi connectivity index (χ1) is 17.3. The minimum atomic E-state index is -1.20. The number of amides is 2. The van der Waals surface area contributed by atoms with Crippen LogP contribution in [0.15, 0.2) is 40.9 Å². The van der Waals surface area contributed by atoms with Crippen molar-refractivity contribution in [1.29, 1.82) is 0 Å².